The van der Waals surface area contributed by atoms with Gasteiger partial charge in [-0.1, -0.05) is 6.92 Å². The summed E-state index contributed by atoms with van der Waals surface area (Å²) >= 11 is 0. The summed E-state index contributed by atoms with van der Waals surface area (Å²) in [7, 11) is -3.40. The van der Waals surface area contributed by atoms with Gasteiger partial charge >= 0.3 is 0 Å². The maximum Gasteiger partial charge on any atom is 0.264 e. The first kappa shape index (κ1) is 12.9. The highest BCUT2D eigenvalue weighted by molar-refractivity contribution is 7.85. The normalized spacial score (nSPS) is 25.1. The topological polar surface area (TPSA) is 61.8 Å². The second-order valence-corrected chi connectivity index (χ2v) is 6.40. The third-order valence-electron chi connectivity index (χ3n) is 2.16. The third-order valence-corrected chi connectivity index (χ3v) is 2.70. The van der Waals surface area contributed by atoms with E-state index in [1.54, 1.807) is 0 Å². The van der Waals surface area contributed by atoms with E-state index in [9.17, 15) is 8.42 Å². The zero-order chi connectivity index (χ0) is 11.7. The Labute approximate surface area is 90.8 Å². The van der Waals surface area contributed by atoms with Gasteiger partial charge in [-0.25, -0.2) is 0 Å². The van der Waals surface area contributed by atoms with E-state index in [0.717, 1.165) is 6.26 Å². The first-order valence-electron chi connectivity index (χ1n) is 4.74. The molecule has 1 heterocycles. The van der Waals surface area contributed by atoms with Crippen molar-refractivity contribution < 1.29 is 22.1 Å². The van der Waals surface area contributed by atoms with Crippen molar-refractivity contribution in [1.29, 1.82) is 0 Å². The molecule has 0 amide bonds. The van der Waals surface area contributed by atoms with Crippen molar-refractivity contribution in [2.45, 2.75) is 26.6 Å². The second kappa shape index (κ2) is 4.01. The van der Waals surface area contributed by atoms with Gasteiger partial charge in [0.25, 0.3) is 10.1 Å². The molecule has 1 saturated heterocycles. The summed E-state index contributed by atoms with van der Waals surface area (Å²) in [5.74, 6) is -0.593. The van der Waals surface area contributed by atoms with E-state index in [4.69, 9.17) is 13.7 Å². The van der Waals surface area contributed by atoms with Crippen molar-refractivity contribution in [3.8, 4) is 0 Å². The van der Waals surface area contributed by atoms with Crippen molar-refractivity contribution in [3.63, 3.8) is 0 Å². The smallest absolute Gasteiger partial charge is 0.264 e. The second-order valence-electron chi connectivity index (χ2n) is 4.75. The number of hydrogen-bond donors (Lipinski definition) is 0. The lowest BCUT2D eigenvalue weighted by molar-refractivity contribution is -0.285. The molecule has 0 aromatic rings. The summed E-state index contributed by atoms with van der Waals surface area (Å²) in [5, 5.41) is 0. The highest BCUT2D eigenvalue weighted by Gasteiger charge is 2.37. The maximum atomic E-state index is 10.8. The number of hydrogen-bond acceptors (Lipinski definition) is 5. The molecule has 0 radical (unpaired) electrons. The average molecular weight is 238 g/mol. The lowest BCUT2D eigenvalue weighted by atomic mass is 9.93. The van der Waals surface area contributed by atoms with E-state index in [-0.39, 0.29) is 6.61 Å². The van der Waals surface area contributed by atoms with E-state index in [2.05, 4.69) is 0 Å². The van der Waals surface area contributed by atoms with E-state index in [0.29, 0.717) is 13.2 Å². The van der Waals surface area contributed by atoms with Crippen LogP contribution in [-0.4, -0.2) is 40.3 Å². The Kier molecular flexibility index (Phi) is 3.45. The Balaban J connectivity index is 2.49. The Morgan fingerprint density at radius 3 is 2.07 bits per heavy atom. The fraction of sp³-hybridized carbons (Fsp3) is 1.00. The van der Waals surface area contributed by atoms with Gasteiger partial charge in [0.05, 0.1) is 26.1 Å². The largest absolute Gasteiger partial charge is 0.350 e. The van der Waals surface area contributed by atoms with Crippen LogP contribution in [0.2, 0.25) is 0 Å². The van der Waals surface area contributed by atoms with Crippen LogP contribution in [0.5, 0.6) is 0 Å². The van der Waals surface area contributed by atoms with E-state index >= 15 is 0 Å². The van der Waals surface area contributed by atoms with Gasteiger partial charge in [-0.3, -0.25) is 4.18 Å². The summed E-state index contributed by atoms with van der Waals surface area (Å²) in [5.41, 5.74) is -0.404. The minimum Gasteiger partial charge on any atom is -0.350 e. The highest BCUT2D eigenvalue weighted by Crippen LogP contribution is 2.29. The molecule has 0 aromatic carbocycles. The van der Waals surface area contributed by atoms with E-state index in [1.807, 2.05) is 20.8 Å². The molecule has 1 fully saturated rings. The molecule has 0 aliphatic carbocycles. The summed E-state index contributed by atoms with van der Waals surface area (Å²) in [4.78, 5) is 0. The van der Waals surface area contributed by atoms with Gasteiger partial charge in [-0.05, 0) is 13.8 Å². The molecular weight excluding hydrogens is 220 g/mol. The standard InChI is InChI=1S/C9H18O5S/c1-8(2)12-5-9(3,6-13-8)7-14-15(4,10)11/h5-7H2,1-4H3. The van der Waals surface area contributed by atoms with Crippen LogP contribution in [0.1, 0.15) is 20.8 Å². The van der Waals surface area contributed by atoms with Gasteiger partial charge < -0.3 is 9.47 Å². The first-order chi connectivity index (χ1) is 6.62. The van der Waals surface area contributed by atoms with Crippen LogP contribution in [0, 0.1) is 5.41 Å². The molecule has 1 aliphatic rings. The van der Waals surface area contributed by atoms with Crippen molar-refractivity contribution >= 4 is 10.1 Å². The van der Waals surface area contributed by atoms with E-state index < -0.39 is 21.3 Å². The van der Waals surface area contributed by atoms with Gasteiger partial charge in [-0.2, -0.15) is 8.42 Å². The minimum absolute atomic E-state index is 0.0852. The van der Waals surface area contributed by atoms with Gasteiger partial charge in [0, 0.05) is 5.41 Å². The molecule has 6 heteroatoms. The summed E-state index contributed by atoms with van der Waals surface area (Å²) < 4.78 is 37.3. The SMILES string of the molecule is CC1(COS(C)(=O)=O)COC(C)(C)OC1. The molecule has 0 aromatic heterocycles. The number of rotatable bonds is 3. The zero-order valence-corrected chi connectivity index (χ0v) is 10.4. The molecule has 1 rings (SSSR count). The average Bonchev–Trinajstić information content (AvgIpc) is 2.07. The Morgan fingerprint density at radius 2 is 1.67 bits per heavy atom. The minimum atomic E-state index is -3.40. The van der Waals surface area contributed by atoms with Crippen LogP contribution in [-0.2, 0) is 23.8 Å². The molecular formula is C9H18O5S. The summed E-state index contributed by atoms with van der Waals surface area (Å²) in [6.45, 7) is 6.45. The van der Waals surface area contributed by atoms with Crippen molar-refractivity contribution in [1.82, 2.24) is 0 Å². The molecule has 15 heavy (non-hydrogen) atoms. The van der Waals surface area contributed by atoms with Crippen LogP contribution in [0.3, 0.4) is 0 Å². The maximum absolute atomic E-state index is 10.8. The molecule has 1 aliphatic heterocycles. The predicted molar refractivity (Wildman–Crippen MR) is 54.9 cm³/mol. The Bertz CT molecular complexity index is 309. The van der Waals surface area contributed by atoms with Crippen molar-refractivity contribution in [2.75, 3.05) is 26.1 Å². The first-order valence-corrected chi connectivity index (χ1v) is 6.56. The molecule has 0 atom stereocenters. The predicted octanol–water partition coefficient (Wildman–Crippen LogP) is 0.752. The zero-order valence-electron chi connectivity index (χ0n) is 9.57. The van der Waals surface area contributed by atoms with Crippen LogP contribution >= 0.6 is 0 Å². The molecule has 0 saturated carbocycles. The Morgan fingerprint density at radius 1 is 1.20 bits per heavy atom. The fourth-order valence-corrected chi connectivity index (χ4v) is 1.61. The summed E-state index contributed by atoms with van der Waals surface area (Å²) in [6.07, 6.45) is 1.03. The molecule has 0 unspecified atom stereocenters. The van der Waals surface area contributed by atoms with Gasteiger partial charge in [0.2, 0.25) is 0 Å². The third kappa shape index (κ3) is 4.46. The van der Waals surface area contributed by atoms with Crippen LogP contribution in [0.15, 0.2) is 0 Å². The summed E-state index contributed by atoms with van der Waals surface area (Å²) in [6, 6.07) is 0. The van der Waals surface area contributed by atoms with Gasteiger partial charge in [-0.15, -0.1) is 0 Å². The lowest BCUT2D eigenvalue weighted by Crippen LogP contribution is -2.47. The molecule has 5 nitrogen and oxygen atoms in total. The lowest BCUT2D eigenvalue weighted by Gasteiger charge is -2.40. The van der Waals surface area contributed by atoms with Crippen LogP contribution in [0.25, 0.3) is 0 Å². The highest BCUT2D eigenvalue weighted by atomic mass is 32.2. The molecule has 0 spiro atoms. The van der Waals surface area contributed by atoms with E-state index in [1.165, 1.54) is 0 Å². The molecule has 0 bridgehead atoms. The molecule has 90 valence electrons. The van der Waals surface area contributed by atoms with Gasteiger partial charge in [0.15, 0.2) is 5.79 Å². The quantitative estimate of drug-likeness (QED) is 0.679. The monoisotopic (exact) mass is 238 g/mol. The van der Waals surface area contributed by atoms with Gasteiger partial charge in [0.1, 0.15) is 0 Å². The fourth-order valence-electron chi connectivity index (χ4n) is 1.11. The molecule has 0 N–H and O–H groups in total. The number of ether oxygens (including phenoxy) is 2. The van der Waals surface area contributed by atoms with Crippen molar-refractivity contribution in [2.24, 2.45) is 5.41 Å². The van der Waals surface area contributed by atoms with Crippen LogP contribution < -0.4 is 0 Å². The van der Waals surface area contributed by atoms with Crippen LogP contribution in [0.4, 0.5) is 0 Å². The van der Waals surface area contributed by atoms with Crippen molar-refractivity contribution in [3.05, 3.63) is 0 Å². The Hall–Kier alpha value is -0.170.